The summed E-state index contributed by atoms with van der Waals surface area (Å²) >= 11 is 3.31. The normalized spacial score (nSPS) is 17.1. The van der Waals surface area contributed by atoms with Crippen LogP contribution in [0.5, 0.6) is 11.5 Å². The number of hydrogen-bond acceptors (Lipinski definition) is 6. The predicted octanol–water partition coefficient (Wildman–Crippen LogP) is 1.80. The van der Waals surface area contributed by atoms with E-state index in [-0.39, 0.29) is 24.1 Å². The first-order valence-electron chi connectivity index (χ1n) is 9.55. The Kier molecular flexibility index (Phi) is 6.28. The highest BCUT2D eigenvalue weighted by Crippen LogP contribution is 2.32. The van der Waals surface area contributed by atoms with Crippen LogP contribution in [0.25, 0.3) is 0 Å². The summed E-state index contributed by atoms with van der Waals surface area (Å²) in [6.07, 6.45) is 0. The first kappa shape index (κ1) is 21.1. The number of amides is 1. The van der Waals surface area contributed by atoms with Crippen molar-refractivity contribution < 1.29 is 22.7 Å². The van der Waals surface area contributed by atoms with E-state index in [0.29, 0.717) is 44.2 Å². The number of ether oxygens (including phenoxy) is 2. The number of benzene rings is 2. The molecule has 0 saturated carbocycles. The molecule has 2 aromatic carbocycles. The van der Waals surface area contributed by atoms with Crippen LogP contribution in [-0.2, 0) is 21.4 Å². The lowest BCUT2D eigenvalue weighted by Gasteiger charge is -2.33. The highest BCUT2D eigenvalue weighted by molar-refractivity contribution is 9.10. The molecule has 2 aliphatic heterocycles. The van der Waals surface area contributed by atoms with Crippen LogP contribution < -0.4 is 14.8 Å². The van der Waals surface area contributed by atoms with Crippen LogP contribution >= 0.6 is 15.9 Å². The Bertz CT molecular complexity index is 1020. The van der Waals surface area contributed by atoms with Gasteiger partial charge in [0.1, 0.15) is 0 Å². The zero-order valence-corrected chi connectivity index (χ0v) is 18.6. The Morgan fingerprint density at radius 3 is 2.43 bits per heavy atom. The van der Waals surface area contributed by atoms with Crippen LogP contribution in [-0.4, -0.2) is 63.0 Å². The molecule has 0 unspecified atom stereocenters. The Hall–Kier alpha value is -2.14. The zero-order chi connectivity index (χ0) is 21.1. The Labute approximate surface area is 183 Å². The summed E-state index contributed by atoms with van der Waals surface area (Å²) in [5.74, 6) is 1.29. The molecule has 1 fully saturated rings. The highest BCUT2D eigenvalue weighted by Gasteiger charge is 2.29. The molecule has 160 valence electrons. The Balaban J connectivity index is 1.25. The lowest BCUT2D eigenvalue weighted by atomic mass is 10.2. The number of halogens is 1. The number of carbonyl (C=O) groups is 1. The van der Waals surface area contributed by atoms with Crippen LogP contribution in [0.1, 0.15) is 5.56 Å². The minimum absolute atomic E-state index is 0.100. The molecule has 0 spiro atoms. The standard InChI is InChI=1S/C20H22BrN3O5S/c21-16-2-4-17(5-3-16)30(26,27)24-9-7-23(8-10-24)13-20(25)22-12-15-1-6-18-19(11-15)29-14-28-18/h1-6,11H,7-10,12-14H2,(H,22,25). The smallest absolute Gasteiger partial charge is 0.243 e. The second kappa shape index (κ2) is 8.93. The Morgan fingerprint density at radius 1 is 1.00 bits per heavy atom. The van der Waals surface area contributed by atoms with Crippen molar-refractivity contribution in [3.05, 3.63) is 52.5 Å². The molecule has 10 heteroatoms. The van der Waals surface area contributed by atoms with E-state index in [1.165, 1.54) is 4.31 Å². The van der Waals surface area contributed by atoms with Crippen LogP contribution in [0.4, 0.5) is 0 Å². The first-order valence-corrected chi connectivity index (χ1v) is 11.8. The fraction of sp³-hybridized carbons (Fsp3) is 0.350. The highest BCUT2D eigenvalue weighted by atomic mass is 79.9. The number of nitrogens with zero attached hydrogens (tertiary/aromatic N) is 2. The molecule has 0 bridgehead atoms. The largest absolute Gasteiger partial charge is 0.454 e. The van der Waals surface area contributed by atoms with E-state index in [4.69, 9.17) is 9.47 Å². The second-order valence-corrected chi connectivity index (χ2v) is 9.95. The van der Waals surface area contributed by atoms with Gasteiger partial charge in [-0.15, -0.1) is 0 Å². The van der Waals surface area contributed by atoms with Gasteiger partial charge >= 0.3 is 0 Å². The van der Waals surface area contributed by atoms with Gasteiger partial charge in [0.2, 0.25) is 22.7 Å². The molecule has 2 aliphatic rings. The SMILES string of the molecule is O=C(CN1CCN(S(=O)(=O)c2ccc(Br)cc2)CC1)NCc1ccc2c(c1)OCO2. The summed E-state index contributed by atoms with van der Waals surface area (Å²) in [6.45, 7) is 2.57. The minimum atomic E-state index is -3.52. The summed E-state index contributed by atoms with van der Waals surface area (Å²) in [7, 11) is -3.52. The summed E-state index contributed by atoms with van der Waals surface area (Å²) in [6, 6.07) is 12.2. The number of rotatable bonds is 6. The van der Waals surface area contributed by atoms with Gasteiger partial charge in [-0.3, -0.25) is 9.69 Å². The van der Waals surface area contributed by atoms with Crippen molar-refractivity contribution in [3.8, 4) is 11.5 Å². The summed E-state index contributed by atoms with van der Waals surface area (Å²) in [4.78, 5) is 14.5. The number of carbonyl (C=O) groups excluding carboxylic acids is 1. The average molecular weight is 496 g/mol. The maximum Gasteiger partial charge on any atom is 0.243 e. The lowest BCUT2D eigenvalue weighted by Crippen LogP contribution is -2.50. The zero-order valence-electron chi connectivity index (χ0n) is 16.2. The molecule has 2 heterocycles. The second-order valence-electron chi connectivity index (χ2n) is 7.10. The van der Waals surface area contributed by atoms with Crippen molar-refractivity contribution in [2.45, 2.75) is 11.4 Å². The molecule has 0 radical (unpaired) electrons. The van der Waals surface area contributed by atoms with Crippen molar-refractivity contribution in [1.82, 2.24) is 14.5 Å². The molecule has 8 nitrogen and oxygen atoms in total. The van der Waals surface area contributed by atoms with E-state index in [2.05, 4.69) is 21.2 Å². The number of nitrogens with one attached hydrogen (secondary N) is 1. The van der Waals surface area contributed by atoms with Gasteiger partial charge in [0.15, 0.2) is 11.5 Å². The van der Waals surface area contributed by atoms with Crippen LogP contribution in [0.3, 0.4) is 0 Å². The summed E-state index contributed by atoms with van der Waals surface area (Å²) in [5.41, 5.74) is 0.929. The third-order valence-electron chi connectivity index (χ3n) is 5.08. The topological polar surface area (TPSA) is 88.2 Å². The van der Waals surface area contributed by atoms with Gasteiger partial charge in [-0.2, -0.15) is 4.31 Å². The third-order valence-corrected chi connectivity index (χ3v) is 7.52. The average Bonchev–Trinajstić information content (AvgIpc) is 3.21. The number of sulfonamides is 1. The molecule has 4 rings (SSSR count). The van der Waals surface area contributed by atoms with Gasteiger partial charge in [0.05, 0.1) is 11.4 Å². The molecule has 0 aromatic heterocycles. The molecule has 1 saturated heterocycles. The van der Waals surface area contributed by atoms with Gasteiger partial charge < -0.3 is 14.8 Å². The number of hydrogen-bond donors (Lipinski definition) is 1. The van der Waals surface area contributed by atoms with E-state index in [1.807, 2.05) is 23.1 Å². The van der Waals surface area contributed by atoms with Crippen molar-refractivity contribution in [3.63, 3.8) is 0 Å². The first-order chi connectivity index (χ1) is 14.4. The number of fused-ring (bicyclic) bond motifs is 1. The van der Waals surface area contributed by atoms with Crippen LogP contribution in [0, 0.1) is 0 Å². The van der Waals surface area contributed by atoms with Crippen LogP contribution in [0.15, 0.2) is 51.8 Å². The molecule has 2 aromatic rings. The van der Waals surface area contributed by atoms with E-state index >= 15 is 0 Å². The molecular formula is C20H22BrN3O5S. The van der Waals surface area contributed by atoms with Gasteiger partial charge in [0, 0.05) is 37.2 Å². The molecular weight excluding hydrogens is 474 g/mol. The fourth-order valence-corrected chi connectivity index (χ4v) is 5.08. The van der Waals surface area contributed by atoms with Gasteiger partial charge in [0.25, 0.3) is 0 Å². The molecule has 30 heavy (non-hydrogen) atoms. The molecule has 0 aliphatic carbocycles. The molecule has 0 atom stereocenters. The van der Waals surface area contributed by atoms with Gasteiger partial charge in [-0.1, -0.05) is 22.0 Å². The quantitative estimate of drug-likeness (QED) is 0.657. The van der Waals surface area contributed by atoms with Crippen molar-refractivity contribution in [1.29, 1.82) is 0 Å². The fourth-order valence-electron chi connectivity index (χ4n) is 3.39. The lowest BCUT2D eigenvalue weighted by molar-refractivity contribution is -0.122. The maximum absolute atomic E-state index is 12.8. The third kappa shape index (κ3) is 4.77. The van der Waals surface area contributed by atoms with E-state index in [9.17, 15) is 13.2 Å². The van der Waals surface area contributed by atoms with Crippen molar-refractivity contribution >= 4 is 31.9 Å². The van der Waals surface area contributed by atoms with Gasteiger partial charge in [-0.05, 0) is 42.0 Å². The number of piperazine rings is 1. The minimum Gasteiger partial charge on any atom is -0.454 e. The Morgan fingerprint density at radius 2 is 1.70 bits per heavy atom. The van der Waals surface area contributed by atoms with E-state index in [1.54, 1.807) is 24.3 Å². The molecule has 1 N–H and O–H groups in total. The van der Waals surface area contributed by atoms with Crippen molar-refractivity contribution in [2.75, 3.05) is 39.5 Å². The summed E-state index contributed by atoms with van der Waals surface area (Å²) in [5, 5.41) is 2.90. The van der Waals surface area contributed by atoms with Gasteiger partial charge in [-0.25, -0.2) is 8.42 Å². The van der Waals surface area contributed by atoms with Crippen LogP contribution in [0.2, 0.25) is 0 Å². The van der Waals surface area contributed by atoms with E-state index in [0.717, 1.165) is 10.0 Å². The predicted molar refractivity (Wildman–Crippen MR) is 114 cm³/mol. The molecule has 1 amide bonds. The summed E-state index contributed by atoms with van der Waals surface area (Å²) < 4.78 is 38.4. The monoisotopic (exact) mass is 495 g/mol. The van der Waals surface area contributed by atoms with E-state index < -0.39 is 10.0 Å². The van der Waals surface area contributed by atoms with Crippen molar-refractivity contribution in [2.24, 2.45) is 0 Å². The maximum atomic E-state index is 12.8.